The van der Waals surface area contributed by atoms with Gasteiger partial charge in [-0.15, -0.1) is 0 Å². The number of aromatic nitrogens is 5. The molecule has 0 saturated carbocycles. The van der Waals surface area contributed by atoms with Crippen LogP contribution in [0.25, 0.3) is 10.9 Å². The molecule has 0 aliphatic rings. The highest BCUT2D eigenvalue weighted by molar-refractivity contribution is 5.83. The van der Waals surface area contributed by atoms with Crippen LogP contribution in [-0.2, 0) is 6.54 Å². The van der Waals surface area contributed by atoms with Gasteiger partial charge in [0.05, 0.1) is 39.6 Å². The minimum atomic E-state index is 0.360. The van der Waals surface area contributed by atoms with E-state index in [1.165, 1.54) is 11.9 Å². The summed E-state index contributed by atoms with van der Waals surface area (Å²) in [6.07, 6.45) is 3.29. The fraction of sp³-hybridized carbons (Fsp3) is 0.154. The van der Waals surface area contributed by atoms with Gasteiger partial charge in [0.15, 0.2) is 11.5 Å². The predicted octanol–water partition coefficient (Wildman–Crippen LogP) is 4.78. The van der Waals surface area contributed by atoms with Gasteiger partial charge in [0.2, 0.25) is 17.6 Å². The summed E-state index contributed by atoms with van der Waals surface area (Å²) in [5.74, 6) is 2.31. The van der Waals surface area contributed by atoms with Gasteiger partial charge in [-0.3, -0.25) is 4.68 Å². The Kier molecular flexibility index (Phi) is 6.48. The van der Waals surface area contributed by atoms with Crippen LogP contribution in [0.2, 0.25) is 0 Å². The lowest BCUT2D eigenvalue weighted by Crippen LogP contribution is -2.04. The van der Waals surface area contributed by atoms with Gasteiger partial charge in [0.25, 0.3) is 0 Å². The molecule has 10 heteroatoms. The molecule has 0 aliphatic carbocycles. The van der Waals surface area contributed by atoms with Crippen LogP contribution in [0.5, 0.6) is 17.2 Å². The van der Waals surface area contributed by atoms with Crippen LogP contribution < -0.4 is 24.8 Å². The van der Waals surface area contributed by atoms with E-state index < -0.39 is 0 Å². The van der Waals surface area contributed by atoms with E-state index >= 15 is 0 Å². The van der Waals surface area contributed by atoms with Gasteiger partial charge in [-0.2, -0.15) is 10.1 Å². The third-order valence-electron chi connectivity index (χ3n) is 5.57. The minimum absolute atomic E-state index is 0.360. The van der Waals surface area contributed by atoms with Crippen molar-refractivity contribution in [3.05, 3.63) is 78.8 Å². The molecule has 10 nitrogen and oxygen atoms in total. The second kappa shape index (κ2) is 10.2. The Bertz CT molecular complexity index is 1460. The molecule has 0 unspecified atom stereocenters. The Morgan fingerprint density at radius 3 is 2.14 bits per heavy atom. The van der Waals surface area contributed by atoms with E-state index in [0.717, 1.165) is 16.6 Å². The largest absolute Gasteiger partial charge is 0.493 e. The highest BCUT2D eigenvalue weighted by Gasteiger charge is 2.14. The van der Waals surface area contributed by atoms with Crippen LogP contribution >= 0.6 is 0 Å². The quantitative estimate of drug-likeness (QED) is 0.306. The molecule has 2 N–H and O–H groups in total. The highest BCUT2D eigenvalue weighted by Crippen LogP contribution is 2.40. The number of fused-ring (bicyclic) bond motifs is 1. The molecular weight excluding hydrogens is 458 g/mol. The van der Waals surface area contributed by atoms with Gasteiger partial charge in [0.1, 0.15) is 6.33 Å². The van der Waals surface area contributed by atoms with Crippen molar-refractivity contribution in [2.75, 3.05) is 32.0 Å². The van der Waals surface area contributed by atoms with Gasteiger partial charge in [-0.05, 0) is 23.8 Å². The van der Waals surface area contributed by atoms with Crippen LogP contribution in [0.4, 0.5) is 23.3 Å². The SMILES string of the molecule is COc1cc(Nc2ncnc(Nc3ccc4c(cnn4Cc4ccccc4)c3)n2)cc(OC)c1OC. The molecule has 0 bridgehead atoms. The summed E-state index contributed by atoms with van der Waals surface area (Å²) in [7, 11) is 4.69. The lowest BCUT2D eigenvalue weighted by Gasteiger charge is -2.14. The zero-order valence-corrected chi connectivity index (χ0v) is 20.1. The molecule has 0 spiro atoms. The molecule has 0 radical (unpaired) electrons. The first kappa shape index (κ1) is 22.9. The maximum atomic E-state index is 5.41. The van der Waals surface area contributed by atoms with Gasteiger partial charge in [-0.25, -0.2) is 9.97 Å². The van der Waals surface area contributed by atoms with Crippen LogP contribution in [0, 0.1) is 0 Å². The van der Waals surface area contributed by atoms with Crippen molar-refractivity contribution in [2.45, 2.75) is 6.54 Å². The lowest BCUT2D eigenvalue weighted by atomic mass is 10.2. The molecule has 0 amide bonds. The Hall–Kier alpha value is -4.86. The third-order valence-corrected chi connectivity index (χ3v) is 5.57. The van der Waals surface area contributed by atoms with Crippen molar-refractivity contribution in [1.29, 1.82) is 0 Å². The fourth-order valence-corrected chi connectivity index (χ4v) is 3.88. The Morgan fingerprint density at radius 2 is 1.47 bits per heavy atom. The molecule has 0 saturated heterocycles. The zero-order valence-electron chi connectivity index (χ0n) is 20.1. The van der Waals surface area contributed by atoms with E-state index in [-0.39, 0.29) is 0 Å². The summed E-state index contributed by atoms with van der Waals surface area (Å²) in [4.78, 5) is 13.0. The molecule has 0 fully saturated rings. The first-order chi connectivity index (χ1) is 17.7. The smallest absolute Gasteiger partial charge is 0.232 e. The summed E-state index contributed by atoms with van der Waals surface area (Å²) >= 11 is 0. The number of nitrogens with zero attached hydrogens (tertiary/aromatic N) is 5. The zero-order chi connectivity index (χ0) is 24.9. The van der Waals surface area contributed by atoms with Crippen molar-refractivity contribution in [1.82, 2.24) is 24.7 Å². The van der Waals surface area contributed by atoms with Crippen LogP contribution in [-0.4, -0.2) is 46.1 Å². The topological polar surface area (TPSA) is 108 Å². The number of rotatable bonds is 9. The van der Waals surface area contributed by atoms with E-state index in [1.54, 1.807) is 33.5 Å². The molecule has 2 aromatic heterocycles. The molecule has 0 aliphatic heterocycles. The Labute approximate surface area is 207 Å². The molecular formula is C26H25N7O3. The average molecular weight is 484 g/mol. The molecule has 5 rings (SSSR count). The summed E-state index contributed by atoms with van der Waals surface area (Å²) in [6.45, 7) is 0.709. The molecule has 0 atom stereocenters. The molecule has 5 aromatic rings. The third kappa shape index (κ3) is 4.83. The first-order valence-electron chi connectivity index (χ1n) is 11.2. The first-order valence-corrected chi connectivity index (χ1v) is 11.2. The molecule has 2 heterocycles. The number of hydrogen-bond donors (Lipinski definition) is 2. The van der Waals surface area contributed by atoms with Crippen LogP contribution in [0.15, 0.2) is 73.2 Å². The number of ether oxygens (including phenoxy) is 3. The van der Waals surface area contributed by atoms with Crippen molar-refractivity contribution >= 4 is 34.2 Å². The van der Waals surface area contributed by atoms with Gasteiger partial charge in [0, 0.05) is 28.9 Å². The van der Waals surface area contributed by atoms with Crippen LogP contribution in [0.1, 0.15) is 5.56 Å². The average Bonchev–Trinajstić information content (AvgIpc) is 3.30. The maximum absolute atomic E-state index is 5.41. The lowest BCUT2D eigenvalue weighted by molar-refractivity contribution is 0.324. The Morgan fingerprint density at radius 1 is 0.778 bits per heavy atom. The molecule has 3 aromatic carbocycles. The van der Waals surface area contributed by atoms with Crippen molar-refractivity contribution in [3.8, 4) is 17.2 Å². The van der Waals surface area contributed by atoms with E-state index in [0.29, 0.717) is 41.4 Å². The highest BCUT2D eigenvalue weighted by atomic mass is 16.5. The van der Waals surface area contributed by atoms with Gasteiger partial charge >= 0.3 is 0 Å². The molecule has 36 heavy (non-hydrogen) atoms. The standard InChI is InChI=1S/C26H25N7O3/c1-34-22-12-20(13-23(35-2)24(22)36-3)31-26-28-16-27-25(32-26)30-19-9-10-21-18(11-19)14-29-33(21)15-17-7-5-4-6-8-17/h4-14,16H,15H2,1-3H3,(H2,27,28,30,31,32). The minimum Gasteiger partial charge on any atom is -0.493 e. The summed E-state index contributed by atoms with van der Waals surface area (Å²) in [6, 6.07) is 19.8. The molecule has 182 valence electrons. The summed E-state index contributed by atoms with van der Waals surface area (Å²) in [5, 5.41) is 12.0. The number of anilines is 4. The van der Waals surface area contributed by atoms with Crippen molar-refractivity contribution in [2.24, 2.45) is 0 Å². The second-order valence-corrected chi connectivity index (χ2v) is 7.86. The van der Waals surface area contributed by atoms with E-state index in [2.05, 4.69) is 42.8 Å². The van der Waals surface area contributed by atoms with E-state index in [1.807, 2.05) is 47.3 Å². The van der Waals surface area contributed by atoms with Crippen molar-refractivity contribution < 1.29 is 14.2 Å². The number of nitrogens with one attached hydrogen (secondary N) is 2. The monoisotopic (exact) mass is 483 g/mol. The van der Waals surface area contributed by atoms with Gasteiger partial charge in [-0.1, -0.05) is 30.3 Å². The number of benzene rings is 3. The van der Waals surface area contributed by atoms with Crippen LogP contribution in [0.3, 0.4) is 0 Å². The second-order valence-electron chi connectivity index (χ2n) is 7.86. The van der Waals surface area contributed by atoms with Gasteiger partial charge < -0.3 is 24.8 Å². The Balaban J connectivity index is 1.33. The fourth-order valence-electron chi connectivity index (χ4n) is 3.88. The van der Waals surface area contributed by atoms with E-state index in [9.17, 15) is 0 Å². The normalized spacial score (nSPS) is 10.8. The maximum Gasteiger partial charge on any atom is 0.232 e. The predicted molar refractivity (Wildman–Crippen MR) is 138 cm³/mol. The number of methoxy groups -OCH3 is 3. The number of hydrogen-bond acceptors (Lipinski definition) is 9. The summed E-state index contributed by atoms with van der Waals surface area (Å²) in [5.41, 5.74) is 3.76. The van der Waals surface area contributed by atoms with Crippen molar-refractivity contribution in [3.63, 3.8) is 0 Å². The van der Waals surface area contributed by atoms with E-state index in [4.69, 9.17) is 14.2 Å². The summed E-state index contributed by atoms with van der Waals surface area (Å²) < 4.78 is 18.2.